The van der Waals surface area contributed by atoms with Crippen LogP contribution in [0.5, 0.6) is 0 Å². The zero-order valence-electron chi connectivity index (χ0n) is 7.18. The minimum absolute atomic E-state index is 0.461. The van der Waals surface area contributed by atoms with E-state index in [9.17, 15) is 0 Å². The Morgan fingerprint density at radius 3 is 3.00 bits per heavy atom. The first kappa shape index (κ1) is 8.97. The van der Waals surface area contributed by atoms with Crippen molar-refractivity contribution in [2.75, 3.05) is 26.3 Å². The van der Waals surface area contributed by atoms with Crippen LogP contribution < -0.4 is 11.1 Å². The molecule has 0 saturated carbocycles. The van der Waals surface area contributed by atoms with E-state index in [4.69, 9.17) is 10.5 Å². The largest absolute Gasteiger partial charge is 0.381 e. The third-order valence-electron chi connectivity index (χ3n) is 2.25. The molecule has 0 radical (unpaired) electrons. The van der Waals surface area contributed by atoms with Crippen LogP contribution in [-0.2, 0) is 4.74 Å². The minimum atomic E-state index is 0.461. The van der Waals surface area contributed by atoms with Crippen molar-refractivity contribution in [1.82, 2.24) is 5.32 Å². The van der Waals surface area contributed by atoms with Crippen LogP contribution in [-0.4, -0.2) is 32.3 Å². The van der Waals surface area contributed by atoms with Crippen molar-refractivity contribution in [2.45, 2.75) is 19.4 Å². The Hall–Kier alpha value is -0.120. The number of rotatable bonds is 4. The molecular weight excluding hydrogens is 140 g/mol. The van der Waals surface area contributed by atoms with Crippen molar-refractivity contribution in [3.63, 3.8) is 0 Å². The second-order valence-corrected chi connectivity index (χ2v) is 3.02. The normalized spacial score (nSPS) is 27.3. The molecule has 1 saturated heterocycles. The molecule has 0 aromatic heterocycles. The Kier molecular flexibility index (Phi) is 3.83. The molecule has 3 N–H and O–H groups in total. The van der Waals surface area contributed by atoms with Crippen LogP contribution in [0.15, 0.2) is 0 Å². The van der Waals surface area contributed by atoms with Gasteiger partial charge in [0.25, 0.3) is 0 Å². The average Bonchev–Trinajstić information content (AvgIpc) is 2.52. The number of hydrogen-bond acceptors (Lipinski definition) is 3. The molecule has 1 aliphatic rings. The summed E-state index contributed by atoms with van der Waals surface area (Å²) in [5.74, 6) is 0.639. The molecule has 0 amide bonds. The molecule has 1 heterocycles. The first-order valence-electron chi connectivity index (χ1n) is 4.39. The van der Waals surface area contributed by atoms with Gasteiger partial charge in [0.15, 0.2) is 0 Å². The van der Waals surface area contributed by atoms with E-state index in [1.165, 1.54) is 0 Å². The Labute approximate surface area is 68.3 Å². The van der Waals surface area contributed by atoms with Gasteiger partial charge in [-0.1, -0.05) is 6.92 Å². The van der Waals surface area contributed by atoms with Gasteiger partial charge in [0.2, 0.25) is 0 Å². The van der Waals surface area contributed by atoms with E-state index in [0.29, 0.717) is 12.0 Å². The van der Waals surface area contributed by atoms with Crippen LogP contribution in [0, 0.1) is 5.92 Å². The highest BCUT2D eigenvalue weighted by atomic mass is 16.5. The maximum absolute atomic E-state index is 5.62. The van der Waals surface area contributed by atoms with Crippen molar-refractivity contribution >= 4 is 0 Å². The number of ether oxygens (including phenoxy) is 1. The summed E-state index contributed by atoms with van der Waals surface area (Å²) >= 11 is 0. The predicted octanol–water partition coefficient (Wildman–Crippen LogP) is -0.0403. The standard InChI is InChI=1S/C8H18N2O/c1-2-10-8(5-9)7-3-4-11-6-7/h7-8,10H,2-6,9H2,1H3. The summed E-state index contributed by atoms with van der Waals surface area (Å²) in [7, 11) is 0. The first-order valence-corrected chi connectivity index (χ1v) is 4.39. The molecular formula is C8H18N2O. The summed E-state index contributed by atoms with van der Waals surface area (Å²) in [6.45, 7) is 5.63. The highest BCUT2D eigenvalue weighted by Gasteiger charge is 2.23. The quantitative estimate of drug-likeness (QED) is 0.603. The summed E-state index contributed by atoms with van der Waals surface area (Å²) in [6, 6.07) is 0.461. The summed E-state index contributed by atoms with van der Waals surface area (Å²) < 4.78 is 5.29. The van der Waals surface area contributed by atoms with Gasteiger partial charge < -0.3 is 15.8 Å². The predicted molar refractivity (Wildman–Crippen MR) is 45.4 cm³/mol. The molecule has 0 bridgehead atoms. The second kappa shape index (κ2) is 4.70. The monoisotopic (exact) mass is 158 g/mol. The highest BCUT2D eigenvalue weighted by Crippen LogP contribution is 2.15. The van der Waals surface area contributed by atoms with E-state index >= 15 is 0 Å². The lowest BCUT2D eigenvalue weighted by Crippen LogP contribution is -2.42. The zero-order chi connectivity index (χ0) is 8.10. The van der Waals surface area contributed by atoms with E-state index in [1.54, 1.807) is 0 Å². The molecule has 1 rings (SSSR count). The molecule has 0 aliphatic carbocycles. The lowest BCUT2D eigenvalue weighted by Gasteiger charge is -2.20. The van der Waals surface area contributed by atoms with E-state index in [-0.39, 0.29) is 0 Å². The smallest absolute Gasteiger partial charge is 0.0510 e. The molecule has 11 heavy (non-hydrogen) atoms. The van der Waals surface area contributed by atoms with Gasteiger partial charge in [0, 0.05) is 25.1 Å². The van der Waals surface area contributed by atoms with Crippen molar-refractivity contribution in [3.05, 3.63) is 0 Å². The lowest BCUT2D eigenvalue weighted by atomic mass is 9.99. The third-order valence-corrected chi connectivity index (χ3v) is 2.25. The minimum Gasteiger partial charge on any atom is -0.381 e. The van der Waals surface area contributed by atoms with Gasteiger partial charge in [0.05, 0.1) is 6.61 Å². The van der Waals surface area contributed by atoms with Gasteiger partial charge in [-0.2, -0.15) is 0 Å². The van der Waals surface area contributed by atoms with Crippen LogP contribution in [0.1, 0.15) is 13.3 Å². The van der Waals surface area contributed by atoms with Crippen LogP contribution >= 0.6 is 0 Å². The summed E-state index contributed by atoms with van der Waals surface area (Å²) in [5.41, 5.74) is 5.62. The maximum Gasteiger partial charge on any atom is 0.0510 e. The average molecular weight is 158 g/mol. The van der Waals surface area contributed by atoms with E-state index in [1.807, 2.05) is 0 Å². The molecule has 66 valence electrons. The topological polar surface area (TPSA) is 47.3 Å². The van der Waals surface area contributed by atoms with Crippen molar-refractivity contribution in [3.8, 4) is 0 Å². The number of hydrogen-bond donors (Lipinski definition) is 2. The Balaban J connectivity index is 2.27. The SMILES string of the molecule is CCNC(CN)C1CCOC1. The summed E-state index contributed by atoms with van der Waals surface area (Å²) in [4.78, 5) is 0. The molecule has 0 spiro atoms. The van der Waals surface area contributed by atoms with Gasteiger partial charge in [-0.25, -0.2) is 0 Å². The van der Waals surface area contributed by atoms with E-state index in [2.05, 4.69) is 12.2 Å². The summed E-state index contributed by atoms with van der Waals surface area (Å²) in [5, 5.41) is 3.37. The Morgan fingerprint density at radius 1 is 1.73 bits per heavy atom. The molecule has 2 atom stereocenters. The van der Waals surface area contributed by atoms with Crippen LogP contribution in [0.4, 0.5) is 0 Å². The maximum atomic E-state index is 5.62. The number of nitrogens with one attached hydrogen (secondary N) is 1. The number of nitrogens with two attached hydrogens (primary N) is 1. The Morgan fingerprint density at radius 2 is 2.55 bits per heavy atom. The molecule has 2 unspecified atom stereocenters. The molecule has 1 fully saturated rings. The van der Waals surface area contributed by atoms with Crippen molar-refractivity contribution in [2.24, 2.45) is 11.7 Å². The fourth-order valence-electron chi connectivity index (χ4n) is 1.57. The molecule has 1 aliphatic heterocycles. The van der Waals surface area contributed by atoms with Gasteiger partial charge in [-0.05, 0) is 13.0 Å². The molecule has 3 heteroatoms. The zero-order valence-corrected chi connectivity index (χ0v) is 7.18. The third kappa shape index (κ3) is 2.43. The van der Waals surface area contributed by atoms with Crippen LogP contribution in [0.2, 0.25) is 0 Å². The molecule has 3 nitrogen and oxygen atoms in total. The van der Waals surface area contributed by atoms with E-state index in [0.717, 1.165) is 32.7 Å². The highest BCUT2D eigenvalue weighted by molar-refractivity contribution is 4.79. The van der Waals surface area contributed by atoms with Gasteiger partial charge >= 0.3 is 0 Å². The fraction of sp³-hybridized carbons (Fsp3) is 1.00. The van der Waals surface area contributed by atoms with Gasteiger partial charge in [-0.3, -0.25) is 0 Å². The molecule has 0 aromatic rings. The first-order chi connectivity index (χ1) is 5.38. The van der Waals surface area contributed by atoms with Gasteiger partial charge in [0.1, 0.15) is 0 Å². The van der Waals surface area contributed by atoms with Gasteiger partial charge in [-0.15, -0.1) is 0 Å². The lowest BCUT2D eigenvalue weighted by molar-refractivity contribution is 0.177. The molecule has 0 aromatic carbocycles. The van der Waals surface area contributed by atoms with Crippen LogP contribution in [0.3, 0.4) is 0 Å². The van der Waals surface area contributed by atoms with E-state index < -0.39 is 0 Å². The van der Waals surface area contributed by atoms with Crippen molar-refractivity contribution in [1.29, 1.82) is 0 Å². The fourth-order valence-corrected chi connectivity index (χ4v) is 1.57. The summed E-state index contributed by atoms with van der Waals surface area (Å²) in [6.07, 6.45) is 1.16. The van der Waals surface area contributed by atoms with Crippen LogP contribution in [0.25, 0.3) is 0 Å². The second-order valence-electron chi connectivity index (χ2n) is 3.02. The van der Waals surface area contributed by atoms with Crippen molar-refractivity contribution < 1.29 is 4.74 Å². The Bertz CT molecular complexity index is 102. The number of likely N-dealkylation sites (N-methyl/N-ethyl adjacent to an activating group) is 1.